The second kappa shape index (κ2) is 5.90. The molecule has 0 saturated heterocycles. The predicted molar refractivity (Wildman–Crippen MR) is 76.3 cm³/mol. The zero-order chi connectivity index (χ0) is 14.7. The maximum atomic E-state index is 11.6. The number of hydrogen-bond donors (Lipinski definition) is 0. The van der Waals surface area contributed by atoms with Crippen molar-refractivity contribution >= 4 is 40.8 Å². The first-order chi connectivity index (χ1) is 9.47. The monoisotopic (exact) mass is 309 g/mol. The Kier molecular flexibility index (Phi) is 4.22. The van der Waals surface area contributed by atoms with Crippen molar-refractivity contribution in [1.82, 2.24) is 0 Å². The van der Waals surface area contributed by atoms with Crippen molar-refractivity contribution in [2.45, 2.75) is 0 Å². The van der Waals surface area contributed by atoms with Gasteiger partial charge in [-0.15, -0.1) is 0 Å². The second-order valence-corrected chi connectivity index (χ2v) is 4.68. The molecule has 0 amide bonds. The van der Waals surface area contributed by atoms with E-state index in [1.807, 2.05) is 0 Å². The highest BCUT2D eigenvalue weighted by Gasteiger charge is 2.05. The summed E-state index contributed by atoms with van der Waals surface area (Å²) in [5.74, 6) is -0.357. The van der Waals surface area contributed by atoms with Crippen LogP contribution in [-0.2, 0) is 0 Å². The van der Waals surface area contributed by atoms with E-state index in [0.717, 1.165) is 18.2 Å². The zero-order valence-corrected chi connectivity index (χ0v) is 11.4. The average molecular weight is 310 g/mol. The van der Waals surface area contributed by atoms with Gasteiger partial charge in [-0.25, -0.2) is 0 Å². The van der Waals surface area contributed by atoms with Gasteiger partial charge in [0.2, 0.25) is 0 Å². The average Bonchev–Trinajstić information content (AvgIpc) is 2.39. The molecule has 2 rings (SSSR count). The van der Waals surface area contributed by atoms with Crippen LogP contribution in [0.2, 0.25) is 10.0 Å². The van der Waals surface area contributed by atoms with Crippen molar-refractivity contribution in [1.29, 1.82) is 0 Å². The molecule has 0 aromatic heterocycles. The predicted octanol–water partition coefficient (Wildman–Crippen LogP) is 3.73. The number of nitrogens with zero attached hydrogens (tertiary/aromatic N) is 2. The van der Waals surface area contributed by atoms with Crippen LogP contribution in [0.3, 0.4) is 0 Å². The maximum Gasteiger partial charge on any atom is 0.270 e. The molecular formula is C13H7Cl2N2O3-. The standard InChI is InChI=1S/C13H8Cl2N2O3/c14-9-1-3-12(11(15)6-9)16-7-8-5-10(17(19)20)2-4-13(8)18/h1-7,18H/p-1. The van der Waals surface area contributed by atoms with Gasteiger partial charge in [0, 0.05) is 23.4 Å². The van der Waals surface area contributed by atoms with Crippen molar-refractivity contribution in [2.24, 2.45) is 4.99 Å². The third-order valence-electron chi connectivity index (χ3n) is 2.46. The van der Waals surface area contributed by atoms with Gasteiger partial charge in [-0.2, -0.15) is 0 Å². The van der Waals surface area contributed by atoms with Crippen LogP contribution in [0.5, 0.6) is 5.75 Å². The molecule has 0 atom stereocenters. The molecule has 7 heteroatoms. The molecule has 0 N–H and O–H groups in total. The molecule has 0 aliphatic heterocycles. The molecule has 20 heavy (non-hydrogen) atoms. The van der Waals surface area contributed by atoms with E-state index in [0.29, 0.717) is 15.7 Å². The summed E-state index contributed by atoms with van der Waals surface area (Å²) >= 11 is 11.7. The van der Waals surface area contributed by atoms with Gasteiger partial charge < -0.3 is 5.11 Å². The van der Waals surface area contributed by atoms with Crippen molar-refractivity contribution < 1.29 is 10.0 Å². The number of benzene rings is 2. The van der Waals surface area contributed by atoms with E-state index >= 15 is 0 Å². The molecule has 2 aromatic rings. The number of aliphatic imine (C=N–C) groups is 1. The van der Waals surface area contributed by atoms with E-state index < -0.39 is 4.92 Å². The molecule has 0 spiro atoms. The summed E-state index contributed by atoms with van der Waals surface area (Å²) in [7, 11) is 0. The topological polar surface area (TPSA) is 78.6 Å². The summed E-state index contributed by atoms with van der Waals surface area (Å²) in [4.78, 5) is 14.1. The van der Waals surface area contributed by atoms with Gasteiger partial charge in [-0.1, -0.05) is 35.0 Å². The van der Waals surface area contributed by atoms with Gasteiger partial charge in [0.15, 0.2) is 0 Å². The lowest BCUT2D eigenvalue weighted by atomic mass is 10.2. The number of halogens is 2. The van der Waals surface area contributed by atoms with Crippen LogP contribution in [-0.4, -0.2) is 11.1 Å². The third kappa shape index (κ3) is 3.26. The van der Waals surface area contributed by atoms with Crippen molar-refractivity contribution in [3.63, 3.8) is 0 Å². The molecule has 0 bridgehead atoms. The lowest BCUT2D eigenvalue weighted by Crippen LogP contribution is -1.98. The minimum absolute atomic E-state index is 0.116. The van der Waals surface area contributed by atoms with Crippen molar-refractivity contribution in [2.75, 3.05) is 0 Å². The Hall–Kier alpha value is -2.11. The molecule has 0 aliphatic rings. The molecular weight excluding hydrogens is 303 g/mol. The van der Waals surface area contributed by atoms with E-state index in [1.165, 1.54) is 12.3 Å². The fraction of sp³-hybridized carbons (Fsp3) is 0. The first kappa shape index (κ1) is 14.3. The minimum Gasteiger partial charge on any atom is -0.872 e. The Morgan fingerprint density at radius 2 is 1.90 bits per heavy atom. The first-order valence-electron chi connectivity index (χ1n) is 5.42. The number of nitro groups is 1. The number of hydrogen-bond acceptors (Lipinski definition) is 4. The second-order valence-electron chi connectivity index (χ2n) is 3.83. The number of rotatable bonds is 3. The molecule has 2 aromatic carbocycles. The molecule has 0 radical (unpaired) electrons. The van der Waals surface area contributed by atoms with Gasteiger partial charge in [0.25, 0.3) is 5.69 Å². The van der Waals surface area contributed by atoms with Crippen molar-refractivity contribution in [3.05, 3.63) is 62.1 Å². The summed E-state index contributed by atoms with van der Waals surface area (Å²) in [5.41, 5.74) is 0.362. The first-order valence-corrected chi connectivity index (χ1v) is 6.17. The molecule has 5 nitrogen and oxygen atoms in total. The molecule has 0 fully saturated rings. The normalized spacial score (nSPS) is 10.9. The largest absolute Gasteiger partial charge is 0.872 e. The smallest absolute Gasteiger partial charge is 0.270 e. The van der Waals surface area contributed by atoms with E-state index in [1.54, 1.807) is 12.1 Å². The van der Waals surface area contributed by atoms with E-state index in [2.05, 4.69) is 4.99 Å². The van der Waals surface area contributed by atoms with Gasteiger partial charge in [-0.3, -0.25) is 15.1 Å². The highest BCUT2D eigenvalue weighted by Crippen LogP contribution is 2.28. The van der Waals surface area contributed by atoms with Gasteiger partial charge in [0.1, 0.15) is 0 Å². The summed E-state index contributed by atoms with van der Waals surface area (Å²) in [6, 6.07) is 8.14. The zero-order valence-electron chi connectivity index (χ0n) is 9.92. The van der Waals surface area contributed by atoms with Crippen LogP contribution in [0.25, 0.3) is 0 Å². The SMILES string of the molecule is O=[N+]([O-])c1ccc([O-])c(C=Nc2ccc(Cl)cc2Cl)c1. The minimum atomic E-state index is -0.577. The fourth-order valence-electron chi connectivity index (χ4n) is 1.48. The van der Waals surface area contributed by atoms with Crippen LogP contribution in [0.4, 0.5) is 11.4 Å². The van der Waals surface area contributed by atoms with Crippen LogP contribution >= 0.6 is 23.2 Å². The number of nitro benzene ring substituents is 1. The van der Waals surface area contributed by atoms with Crippen LogP contribution in [0.1, 0.15) is 5.56 Å². The molecule has 0 aliphatic carbocycles. The molecule has 0 saturated carbocycles. The van der Waals surface area contributed by atoms with E-state index in [4.69, 9.17) is 23.2 Å². The van der Waals surface area contributed by atoms with Gasteiger partial charge in [-0.05, 0) is 23.8 Å². The van der Waals surface area contributed by atoms with Gasteiger partial charge in [0.05, 0.1) is 15.6 Å². The molecule has 0 heterocycles. The third-order valence-corrected chi connectivity index (χ3v) is 2.99. The number of non-ortho nitro benzene ring substituents is 1. The fourth-order valence-corrected chi connectivity index (χ4v) is 1.93. The maximum absolute atomic E-state index is 11.6. The lowest BCUT2D eigenvalue weighted by molar-refractivity contribution is -0.385. The molecule has 0 unspecified atom stereocenters. The summed E-state index contributed by atoms with van der Waals surface area (Å²) in [5, 5.41) is 23.0. The summed E-state index contributed by atoms with van der Waals surface area (Å²) in [6.45, 7) is 0. The summed E-state index contributed by atoms with van der Waals surface area (Å²) in [6.07, 6.45) is 1.24. The molecule has 102 valence electrons. The quantitative estimate of drug-likeness (QED) is 0.492. The van der Waals surface area contributed by atoms with Crippen molar-refractivity contribution in [3.8, 4) is 5.75 Å². The Morgan fingerprint density at radius 3 is 2.55 bits per heavy atom. The van der Waals surface area contributed by atoms with E-state index in [-0.39, 0.29) is 17.0 Å². The Labute approximate surface area is 124 Å². The van der Waals surface area contributed by atoms with Crippen LogP contribution < -0.4 is 5.11 Å². The Morgan fingerprint density at radius 1 is 1.15 bits per heavy atom. The van der Waals surface area contributed by atoms with Gasteiger partial charge >= 0.3 is 0 Å². The summed E-state index contributed by atoms with van der Waals surface area (Å²) < 4.78 is 0. The van der Waals surface area contributed by atoms with E-state index in [9.17, 15) is 15.2 Å². The lowest BCUT2D eigenvalue weighted by Gasteiger charge is -2.08. The Bertz CT molecular complexity index is 702. The van der Waals surface area contributed by atoms with Crippen LogP contribution in [0.15, 0.2) is 41.4 Å². The highest BCUT2D eigenvalue weighted by atomic mass is 35.5. The van der Waals surface area contributed by atoms with Crippen LogP contribution in [0, 0.1) is 10.1 Å². The Balaban J connectivity index is 2.35. The highest BCUT2D eigenvalue weighted by molar-refractivity contribution is 6.36.